The molecule has 2 unspecified atom stereocenters. The maximum Gasteiger partial charge on any atom is 0.472 e. The number of unbranched alkanes of at least 4 members (excludes halogenated alkanes) is 51. The molecule has 0 rings (SSSR count). The fourth-order valence-electron chi connectivity index (χ4n) is 12.1. The van der Waals surface area contributed by atoms with Crippen LogP contribution in [0.2, 0.25) is 0 Å². The van der Waals surface area contributed by atoms with Crippen molar-refractivity contribution in [3.8, 4) is 0 Å². The lowest BCUT2D eigenvalue weighted by atomic mass is 10.0. The molecule has 0 aromatic rings. The summed E-state index contributed by atoms with van der Waals surface area (Å²) in [7, 11) is -9.93. The highest BCUT2D eigenvalue weighted by molar-refractivity contribution is 7.47. The van der Waals surface area contributed by atoms with Gasteiger partial charge in [0.1, 0.15) is 19.3 Å². The van der Waals surface area contributed by atoms with E-state index in [0.717, 1.165) is 109 Å². The zero-order chi connectivity index (χ0) is 73.2. The molecule has 0 bridgehead atoms. The van der Waals surface area contributed by atoms with Gasteiger partial charge in [-0.1, -0.05) is 360 Å². The summed E-state index contributed by atoms with van der Waals surface area (Å²) in [5.41, 5.74) is 0. The highest BCUT2D eigenvalue weighted by Gasteiger charge is 2.30. The Hall–Kier alpha value is -2.46. The molecule has 0 saturated carbocycles. The Kier molecular flexibility index (Phi) is 73.0. The fourth-order valence-corrected chi connectivity index (χ4v) is 13.7. The molecule has 0 amide bonds. The number of carbonyl (C=O) groups excluding carboxylic acids is 4. The van der Waals surface area contributed by atoms with Crippen molar-refractivity contribution in [1.82, 2.24) is 0 Å². The molecule has 0 aliphatic carbocycles. The number of ether oxygens (including phenoxy) is 4. The van der Waals surface area contributed by atoms with Crippen LogP contribution < -0.4 is 0 Å². The molecule has 0 aromatic heterocycles. The van der Waals surface area contributed by atoms with Crippen LogP contribution in [-0.2, 0) is 65.4 Å². The summed E-state index contributed by atoms with van der Waals surface area (Å²) in [4.78, 5) is 73.0. The Balaban J connectivity index is 5.25. The van der Waals surface area contributed by atoms with E-state index in [1.807, 2.05) is 0 Å². The molecule has 17 nitrogen and oxygen atoms in total. The number of rotatable bonds is 80. The minimum Gasteiger partial charge on any atom is -0.462 e. The van der Waals surface area contributed by atoms with Crippen LogP contribution >= 0.6 is 15.6 Å². The Morgan fingerprint density at radius 2 is 0.480 bits per heavy atom. The topological polar surface area (TPSA) is 237 Å². The van der Waals surface area contributed by atoms with Crippen molar-refractivity contribution in [2.75, 3.05) is 39.6 Å². The maximum atomic E-state index is 13.1. The van der Waals surface area contributed by atoms with Crippen molar-refractivity contribution >= 4 is 39.5 Å². The minimum absolute atomic E-state index is 0.102. The van der Waals surface area contributed by atoms with Gasteiger partial charge in [0.15, 0.2) is 12.2 Å². The molecular weight excluding hydrogens is 1310 g/mol. The summed E-state index contributed by atoms with van der Waals surface area (Å²) in [6, 6.07) is 0. The van der Waals surface area contributed by atoms with E-state index in [2.05, 4.69) is 52.0 Å². The second-order valence-corrected chi connectivity index (χ2v) is 31.4. The van der Waals surface area contributed by atoms with Crippen molar-refractivity contribution in [1.29, 1.82) is 0 Å². The lowest BCUT2D eigenvalue weighted by molar-refractivity contribution is -0.161. The van der Waals surface area contributed by atoms with Crippen LogP contribution in [0.3, 0.4) is 0 Å². The number of phosphoric ester groups is 2. The SMILES string of the molecule is CCCCCC/C=C\C=C/CCCCCCCC(=O)OC[C@H](COP(=O)(O)OC[C@@H](O)COP(=O)(O)OC[C@@H](COC(=O)CCCCCCCCCCCCC)OC(=O)CCCCCCCCCCCCCCC)OC(=O)CCCCCCCCCCCCCCCCCCCCCCC. The van der Waals surface area contributed by atoms with Gasteiger partial charge in [-0.15, -0.1) is 0 Å². The zero-order valence-corrected chi connectivity index (χ0v) is 66.5. The molecular formula is C81H154O17P2. The molecule has 5 atom stereocenters. The van der Waals surface area contributed by atoms with Crippen LogP contribution in [0.5, 0.6) is 0 Å². The van der Waals surface area contributed by atoms with Gasteiger partial charge >= 0.3 is 39.5 Å². The number of allylic oxidation sites excluding steroid dienone is 4. The van der Waals surface area contributed by atoms with Crippen LogP contribution in [0.15, 0.2) is 24.3 Å². The average molecular weight is 1460 g/mol. The molecule has 0 saturated heterocycles. The molecule has 3 N–H and O–H groups in total. The first-order valence-electron chi connectivity index (χ1n) is 41.6. The van der Waals surface area contributed by atoms with Gasteiger partial charge in [0.2, 0.25) is 0 Å². The first-order valence-corrected chi connectivity index (χ1v) is 44.6. The molecule has 0 fully saturated rings. The quantitative estimate of drug-likeness (QED) is 0.0169. The Morgan fingerprint density at radius 3 is 0.730 bits per heavy atom. The lowest BCUT2D eigenvalue weighted by Crippen LogP contribution is -2.30. The molecule has 0 heterocycles. The van der Waals surface area contributed by atoms with Gasteiger partial charge in [0, 0.05) is 25.7 Å². The predicted octanol–water partition coefficient (Wildman–Crippen LogP) is 24.1. The molecule has 100 heavy (non-hydrogen) atoms. The normalized spacial score (nSPS) is 13.9. The van der Waals surface area contributed by atoms with Crippen molar-refractivity contribution in [2.24, 2.45) is 0 Å². The van der Waals surface area contributed by atoms with Crippen molar-refractivity contribution in [3.05, 3.63) is 24.3 Å². The molecule has 0 spiro atoms. The van der Waals surface area contributed by atoms with Crippen molar-refractivity contribution in [3.63, 3.8) is 0 Å². The number of carbonyl (C=O) groups is 4. The number of aliphatic hydroxyl groups is 1. The van der Waals surface area contributed by atoms with E-state index < -0.39 is 97.5 Å². The van der Waals surface area contributed by atoms with Crippen molar-refractivity contribution < 1.29 is 80.2 Å². The second kappa shape index (κ2) is 74.8. The van der Waals surface area contributed by atoms with Gasteiger partial charge in [0.05, 0.1) is 26.4 Å². The number of esters is 4. The largest absolute Gasteiger partial charge is 0.472 e. The minimum atomic E-state index is -4.97. The fraction of sp³-hybridized carbons (Fsp3) is 0.901. The van der Waals surface area contributed by atoms with E-state index >= 15 is 0 Å². The van der Waals surface area contributed by atoms with Gasteiger partial charge in [-0.05, 0) is 51.4 Å². The number of hydrogen-bond acceptors (Lipinski definition) is 15. The molecule has 590 valence electrons. The summed E-state index contributed by atoms with van der Waals surface area (Å²) in [6.45, 7) is 4.95. The predicted molar refractivity (Wildman–Crippen MR) is 409 cm³/mol. The van der Waals surface area contributed by atoms with Crippen LogP contribution in [0.1, 0.15) is 413 Å². The van der Waals surface area contributed by atoms with E-state index in [0.29, 0.717) is 25.7 Å². The van der Waals surface area contributed by atoms with Gasteiger partial charge < -0.3 is 33.8 Å². The van der Waals surface area contributed by atoms with Crippen LogP contribution in [0.4, 0.5) is 0 Å². The maximum absolute atomic E-state index is 13.1. The van der Waals surface area contributed by atoms with E-state index in [1.165, 1.54) is 225 Å². The van der Waals surface area contributed by atoms with Gasteiger partial charge in [-0.2, -0.15) is 0 Å². The third-order valence-electron chi connectivity index (χ3n) is 18.5. The molecule has 0 aliphatic heterocycles. The van der Waals surface area contributed by atoms with Crippen LogP contribution in [0, 0.1) is 0 Å². The summed E-state index contributed by atoms with van der Waals surface area (Å²) < 4.78 is 68.6. The zero-order valence-electron chi connectivity index (χ0n) is 64.7. The molecule has 19 heteroatoms. The summed E-state index contributed by atoms with van der Waals surface area (Å²) in [6.07, 6.45) is 70.1. The molecule has 0 aromatic carbocycles. The van der Waals surface area contributed by atoms with Gasteiger partial charge in [0.25, 0.3) is 0 Å². The smallest absolute Gasteiger partial charge is 0.462 e. The van der Waals surface area contributed by atoms with E-state index in [4.69, 9.17) is 37.0 Å². The van der Waals surface area contributed by atoms with Crippen LogP contribution in [-0.4, -0.2) is 96.7 Å². The van der Waals surface area contributed by atoms with E-state index in [9.17, 15) is 43.2 Å². The Bertz CT molecular complexity index is 1990. The number of aliphatic hydroxyl groups excluding tert-OH is 1. The lowest BCUT2D eigenvalue weighted by Gasteiger charge is -2.21. The third-order valence-corrected chi connectivity index (χ3v) is 20.4. The van der Waals surface area contributed by atoms with Crippen molar-refractivity contribution in [2.45, 2.75) is 431 Å². The first kappa shape index (κ1) is 97.5. The number of phosphoric acid groups is 2. The van der Waals surface area contributed by atoms with E-state index in [1.54, 1.807) is 0 Å². The van der Waals surface area contributed by atoms with E-state index in [-0.39, 0.29) is 25.7 Å². The first-order chi connectivity index (χ1) is 48.7. The summed E-state index contributed by atoms with van der Waals surface area (Å²) in [5.74, 6) is -2.14. The van der Waals surface area contributed by atoms with Gasteiger partial charge in [-0.25, -0.2) is 9.13 Å². The summed E-state index contributed by atoms with van der Waals surface area (Å²) >= 11 is 0. The Morgan fingerprint density at radius 1 is 0.280 bits per heavy atom. The molecule has 0 aliphatic rings. The van der Waals surface area contributed by atoms with Crippen LogP contribution in [0.25, 0.3) is 0 Å². The Labute approximate surface area is 612 Å². The molecule has 0 radical (unpaired) electrons. The monoisotopic (exact) mass is 1460 g/mol. The summed E-state index contributed by atoms with van der Waals surface area (Å²) in [5, 5.41) is 10.6. The second-order valence-electron chi connectivity index (χ2n) is 28.5. The van der Waals surface area contributed by atoms with Gasteiger partial charge in [-0.3, -0.25) is 37.3 Å². The standard InChI is InChI=1S/C81H154O17P2/c1-5-9-13-17-21-25-29-32-34-35-36-37-38-39-41-44-48-52-56-60-64-68-81(86)98-77(72-92-79(84)66-62-58-54-50-46-43-40-33-30-26-22-18-14-10-6-2)74-96-100(89,90)94-70-75(82)69-93-99(87,88)95-73-76(71-91-78(83)65-61-57-53-49-45-28-24-20-16-12-8-4)97-80(85)67-63-59-55-51-47-42-31-27-23-19-15-11-7-3/h26,30,33,40,75-77,82H,5-25,27-29,31-32,34-39,41-74H2,1-4H3,(H,87,88)(H,89,90)/b30-26-,40-33-/t75-,76+,77+/m0/s1. The highest BCUT2D eigenvalue weighted by atomic mass is 31.2. The average Bonchev–Trinajstić information content (AvgIpc) is 0.992. The third kappa shape index (κ3) is 73.8. The highest BCUT2D eigenvalue weighted by Crippen LogP contribution is 2.45. The number of hydrogen-bond donors (Lipinski definition) is 3.